The summed E-state index contributed by atoms with van der Waals surface area (Å²) in [6, 6.07) is 4.82. The lowest BCUT2D eigenvalue weighted by Gasteiger charge is -2.08. The van der Waals surface area contributed by atoms with Gasteiger partial charge in [-0.25, -0.2) is 4.79 Å². The fourth-order valence-corrected chi connectivity index (χ4v) is 0.974. The summed E-state index contributed by atoms with van der Waals surface area (Å²) in [4.78, 5) is 19.6. The Morgan fingerprint density at radius 2 is 2.20 bits per heavy atom. The van der Waals surface area contributed by atoms with Crippen LogP contribution < -0.4 is 9.62 Å². The maximum atomic E-state index is 10.5. The number of methoxy groups -OCH3 is 1. The molecule has 0 aliphatic carbocycles. The lowest BCUT2D eigenvalue weighted by Crippen LogP contribution is -2.05. The standard InChI is InChI=1S/C10H12O5/c1-7(12)14-15-10-5-9(13-2)4-3-8(10)6-11/h3-5,11H,6H2,1-2H3. The van der Waals surface area contributed by atoms with E-state index in [1.165, 1.54) is 20.1 Å². The van der Waals surface area contributed by atoms with Crippen LogP contribution in [0.15, 0.2) is 18.2 Å². The molecule has 0 spiro atoms. The van der Waals surface area contributed by atoms with E-state index < -0.39 is 5.97 Å². The Balaban J connectivity index is 2.85. The van der Waals surface area contributed by atoms with Gasteiger partial charge in [-0.3, -0.25) is 9.78 Å². The molecule has 1 rings (SSSR count). The van der Waals surface area contributed by atoms with Crippen molar-refractivity contribution in [2.75, 3.05) is 7.11 Å². The molecular formula is C10H12O5. The van der Waals surface area contributed by atoms with Crippen LogP contribution in [0.25, 0.3) is 0 Å². The van der Waals surface area contributed by atoms with Crippen molar-refractivity contribution in [1.82, 2.24) is 0 Å². The molecule has 0 heterocycles. The van der Waals surface area contributed by atoms with Crippen molar-refractivity contribution in [3.8, 4) is 11.5 Å². The smallest absolute Gasteiger partial charge is 0.352 e. The predicted octanol–water partition coefficient (Wildman–Crippen LogP) is 1.04. The van der Waals surface area contributed by atoms with Gasteiger partial charge in [-0.1, -0.05) is 0 Å². The predicted molar refractivity (Wildman–Crippen MR) is 51.3 cm³/mol. The number of carbonyl (C=O) groups excluding carboxylic acids is 1. The Bertz CT molecular complexity index is 348. The van der Waals surface area contributed by atoms with Gasteiger partial charge < -0.3 is 9.84 Å². The molecule has 0 aliphatic heterocycles. The van der Waals surface area contributed by atoms with E-state index in [4.69, 9.17) is 14.7 Å². The minimum atomic E-state index is -0.568. The molecule has 0 radical (unpaired) electrons. The summed E-state index contributed by atoms with van der Waals surface area (Å²) >= 11 is 0. The molecule has 0 amide bonds. The minimum absolute atomic E-state index is 0.208. The Hall–Kier alpha value is -1.75. The number of benzene rings is 1. The van der Waals surface area contributed by atoms with Gasteiger partial charge >= 0.3 is 5.97 Å². The molecule has 5 heteroatoms. The van der Waals surface area contributed by atoms with Crippen molar-refractivity contribution in [3.63, 3.8) is 0 Å². The number of aliphatic hydroxyl groups is 1. The average molecular weight is 212 g/mol. The lowest BCUT2D eigenvalue weighted by molar-refractivity contribution is -0.211. The molecule has 0 fully saturated rings. The fraction of sp³-hybridized carbons (Fsp3) is 0.300. The average Bonchev–Trinajstić information content (AvgIpc) is 2.25. The number of ether oxygens (including phenoxy) is 1. The summed E-state index contributed by atoms with van der Waals surface area (Å²) in [6.45, 7) is 1.01. The van der Waals surface area contributed by atoms with Crippen molar-refractivity contribution in [2.24, 2.45) is 0 Å². The summed E-state index contributed by atoms with van der Waals surface area (Å²) in [5, 5.41) is 8.99. The van der Waals surface area contributed by atoms with Crippen molar-refractivity contribution in [1.29, 1.82) is 0 Å². The van der Waals surface area contributed by atoms with E-state index in [0.717, 1.165) is 0 Å². The third-order valence-corrected chi connectivity index (χ3v) is 1.69. The van der Waals surface area contributed by atoms with Crippen LogP contribution >= 0.6 is 0 Å². The highest BCUT2D eigenvalue weighted by atomic mass is 17.2. The van der Waals surface area contributed by atoms with Gasteiger partial charge in [0.1, 0.15) is 5.75 Å². The minimum Gasteiger partial charge on any atom is -0.497 e. The van der Waals surface area contributed by atoms with Gasteiger partial charge in [-0.05, 0) is 12.1 Å². The highest BCUT2D eigenvalue weighted by molar-refractivity contribution is 5.65. The molecule has 82 valence electrons. The third kappa shape index (κ3) is 3.14. The SMILES string of the molecule is COc1ccc(CO)c(OOC(C)=O)c1. The van der Waals surface area contributed by atoms with E-state index in [1.807, 2.05) is 0 Å². The van der Waals surface area contributed by atoms with Crippen LogP contribution in [0.1, 0.15) is 12.5 Å². The molecule has 0 aliphatic rings. The molecule has 0 bridgehead atoms. The van der Waals surface area contributed by atoms with Gasteiger partial charge in [0.2, 0.25) is 0 Å². The molecular weight excluding hydrogens is 200 g/mol. The monoisotopic (exact) mass is 212 g/mol. The lowest BCUT2D eigenvalue weighted by atomic mass is 10.2. The molecule has 1 N–H and O–H groups in total. The van der Waals surface area contributed by atoms with Crippen LogP contribution in [0.2, 0.25) is 0 Å². The highest BCUT2D eigenvalue weighted by Gasteiger charge is 2.07. The van der Waals surface area contributed by atoms with Gasteiger partial charge in [0.05, 0.1) is 13.7 Å². The molecule has 5 nitrogen and oxygen atoms in total. The van der Waals surface area contributed by atoms with Crippen LogP contribution in [0, 0.1) is 0 Å². The number of hydrogen-bond acceptors (Lipinski definition) is 5. The van der Waals surface area contributed by atoms with Gasteiger partial charge in [0.25, 0.3) is 0 Å². The third-order valence-electron chi connectivity index (χ3n) is 1.69. The first-order valence-corrected chi connectivity index (χ1v) is 4.30. The van der Waals surface area contributed by atoms with Gasteiger partial charge in [-0.15, -0.1) is 0 Å². The maximum Gasteiger partial charge on any atom is 0.352 e. The Morgan fingerprint density at radius 3 is 2.73 bits per heavy atom. The highest BCUT2D eigenvalue weighted by Crippen LogP contribution is 2.24. The summed E-state index contributed by atoms with van der Waals surface area (Å²) in [6.07, 6.45) is 0. The second kappa shape index (κ2) is 5.21. The van der Waals surface area contributed by atoms with Gasteiger partial charge in [0, 0.05) is 18.6 Å². The number of aliphatic hydroxyl groups excluding tert-OH is 1. The van der Waals surface area contributed by atoms with E-state index in [1.54, 1.807) is 12.1 Å². The van der Waals surface area contributed by atoms with Crippen molar-refractivity contribution < 1.29 is 24.4 Å². The maximum absolute atomic E-state index is 10.5. The normalized spacial score (nSPS) is 9.53. The number of rotatable bonds is 4. The van der Waals surface area contributed by atoms with Crippen LogP contribution in [-0.2, 0) is 16.3 Å². The summed E-state index contributed by atoms with van der Waals surface area (Å²) in [7, 11) is 1.50. The Labute approximate surface area is 87.1 Å². The van der Waals surface area contributed by atoms with Gasteiger partial charge in [-0.2, -0.15) is 0 Å². The largest absolute Gasteiger partial charge is 0.497 e. The van der Waals surface area contributed by atoms with Gasteiger partial charge in [0.15, 0.2) is 5.75 Å². The summed E-state index contributed by atoms with van der Waals surface area (Å²) < 4.78 is 4.96. The Kier molecular flexibility index (Phi) is 3.93. The fourth-order valence-electron chi connectivity index (χ4n) is 0.974. The van der Waals surface area contributed by atoms with Crippen LogP contribution in [0.5, 0.6) is 11.5 Å². The van der Waals surface area contributed by atoms with E-state index >= 15 is 0 Å². The molecule has 0 saturated heterocycles. The zero-order chi connectivity index (χ0) is 11.3. The topological polar surface area (TPSA) is 65.0 Å². The second-order valence-corrected chi connectivity index (χ2v) is 2.79. The zero-order valence-corrected chi connectivity index (χ0v) is 8.52. The molecule has 15 heavy (non-hydrogen) atoms. The molecule has 0 saturated carbocycles. The van der Waals surface area contributed by atoms with E-state index in [0.29, 0.717) is 11.3 Å². The van der Waals surface area contributed by atoms with E-state index in [-0.39, 0.29) is 12.4 Å². The number of carbonyl (C=O) groups is 1. The van der Waals surface area contributed by atoms with Crippen LogP contribution in [0.3, 0.4) is 0 Å². The van der Waals surface area contributed by atoms with Crippen molar-refractivity contribution in [3.05, 3.63) is 23.8 Å². The van der Waals surface area contributed by atoms with Crippen LogP contribution in [-0.4, -0.2) is 18.2 Å². The first-order valence-electron chi connectivity index (χ1n) is 4.30. The first kappa shape index (κ1) is 11.3. The second-order valence-electron chi connectivity index (χ2n) is 2.79. The van der Waals surface area contributed by atoms with E-state index in [9.17, 15) is 4.79 Å². The molecule has 0 aromatic heterocycles. The number of hydrogen-bond donors (Lipinski definition) is 1. The Morgan fingerprint density at radius 1 is 1.47 bits per heavy atom. The zero-order valence-electron chi connectivity index (χ0n) is 8.52. The molecule has 1 aromatic carbocycles. The summed E-state index contributed by atoms with van der Waals surface area (Å²) in [5.74, 6) is 0.239. The molecule has 0 unspecified atom stereocenters. The van der Waals surface area contributed by atoms with Crippen molar-refractivity contribution >= 4 is 5.97 Å². The van der Waals surface area contributed by atoms with Crippen LogP contribution in [0.4, 0.5) is 0 Å². The molecule has 0 atom stereocenters. The molecule has 1 aromatic rings. The first-order chi connectivity index (χ1) is 7.17. The quantitative estimate of drug-likeness (QED) is 0.596. The van der Waals surface area contributed by atoms with Crippen molar-refractivity contribution in [2.45, 2.75) is 13.5 Å². The van der Waals surface area contributed by atoms with E-state index in [2.05, 4.69) is 4.89 Å². The summed E-state index contributed by atoms with van der Waals surface area (Å²) in [5.41, 5.74) is 0.511.